The molecule has 1 aliphatic rings. The average Bonchev–Trinajstić information content (AvgIpc) is 2.29. The van der Waals surface area contributed by atoms with E-state index < -0.39 is 10.2 Å². The lowest BCUT2D eigenvalue weighted by Gasteiger charge is -2.32. The largest absolute Gasteiger partial charge is 0.279 e. The highest BCUT2D eigenvalue weighted by atomic mass is 32.2. The summed E-state index contributed by atoms with van der Waals surface area (Å²) in [6, 6.07) is 0.0679. The van der Waals surface area contributed by atoms with Crippen LogP contribution in [-0.2, 0) is 10.2 Å². The lowest BCUT2D eigenvalue weighted by Crippen LogP contribution is -2.48. The van der Waals surface area contributed by atoms with Gasteiger partial charge in [0.25, 0.3) is 10.2 Å². The maximum atomic E-state index is 11.9. The van der Waals surface area contributed by atoms with E-state index in [1.54, 1.807) is 0 Å². The zero-order valence-electron chi connectivity index (χ0n) is 10.0. The molecular formula is C9H19N5O2S. The molecule has 1 N–H and O–H groups in total. The van der Waals surface area contributed by atoms with Crippen molar-refractivity contribution in [3.8, 4) is 0 Å². The molecule has 0 spiro atoms. The van der Waals surface area contributed by atoms with Crippen molar-refractivity contribution in [2.75, 3.05) is 19.6 Å². The van der Waals surface area contributed by atoms with Crippen molar-refractivity contribution in [1.82, 2.24) is 9.03 Å². The van der Waals surface area contributed by atoms with E-state index >= 15 is 0 Å². The molecule has 1 rings (SSSR count). The number of piperidine rings is 1. The van der Waals surface area contributed by atoms with Crippen LogP contribution in [-0.4, -0.2) is 38.4 Å². The number of hydrogen-bond acceptors (Lipinski definition) is 3. The summed E-state index contributed by atoms with van der Waals surface area (Å²) in [5, 5.41) is 3.35. The molecule has 1 heterocycles. The smallest absolute Gasteiger partial charge is 0.202 e. The Morgan fingerprint density at radius 3 is 2.94 bits per heavy atom. The van der Waals surface area contributed by atoms with Gasteiger partial charge >= 0.3 is 0 Å². The van der Waals surface area contributed by atoms with Crippen LogP contribution in [0.5, 0.6) is 0 Å². The number of nitrogens with one attached hydrogen (secondary N) is 1. The van der Waals surface area contributed by atoms with Crippen LogP contribution < -0.4 is 4.72 Å². The van der Waals surface area contributed by atoms with Crippen LogP contribution in [0.1, 0.15) is 32.6 Å². The van der Waals surface area contributed by atoms with E-state index in [9.17, 15) is 8.42 Å². The van der Waals surface area contributed by atoms with E-state index in [0.29, 0.717) is 26.1 Å². The molecule has 7 nitrogen and oxygen atoms in total. The first-order chi connectivity index (χ1) is 8.08. The number of rotatable bonds is 6. The Hall–Kier alpha value is -0.820. The van der Waals surface area contributed by atoms with Gasteiger partial charge in [0.05, 0.1) is 0 Å². The van der Waals surface area contributed by atoms with E-state index in [2.05, 4.69) is 14.7 Å². The SMILES string of the molecule is CC1CCCCN1S(=O)(=O)NCCCN=[N+]=[N-]. The Kier molecular flexibility index (Phi) is 5.70. The molecule has 8 heteroatoms. The quantitative estimate of drug-likeness (QED) is 0.338. The van der Waals surface area contributed by atoms with Gasteiger partial charge in [-0.1, -0.05) is 11.5 Å². The fourth-order valence-corrected chi connectivity index (χ4v) is 3.42. The molecule has 0 aliphatic carbocycles. The van der Waals surface area contributed by atoms with Gasteiger partial charge in [-0.05, 0) is 31.7 Å². The molecule has 0 aromatic rings. The van der Waals surface area contributed by atoms with Gasteiger partial charge in [-0.25, -0.2) is 4.72 Å². The summed E-state index contributed by atoms with van der Waals surface area (Å²) in [7, 11) is -3.37. The van der Waals surface area contributed by atoms with Gasteiger partial charge in [-0.3, -0.25) is 0 Å². The number of azide groups is 1. The lowest BCUT2D eigenvalue weighted by molar-refractivity contribution is 0.265. The van der Waals surface area contributed by atoms with Crippen molar-refractivity contribution in [3.63, 3.8) is 0 Å². The van der Waals surface area contributed by atoms with Crippen LogP contribution >= 0.6 is 0 Å². The summed E-state index contributed by atoms with van der Waals surface area (Å²) in [5.74, 6) is 0. The van der Waals surface area contributed by atoms with Crippen LogP contribution in [0.3, 0.4) is 0 Å². The summed E-state index contributed by atoms with van der Waals surface area (Å²) in [6.45, 7) is 3.14. The summed E-state index contributed by atoms with van der Waals surface area (Å²) in [5.41, 5.74) is 8.08. The molecule has 0 amide bonds. The summed E-state index contributed by atoms with van der Waals surface area (Å²) >= 11 is 0. The van der Waals surface area contributed by atoms with Gasteiger partial charge in [-0.2, -0.15) is 12.7 Å². The van der Waals surface area contributed by atoms with Crippen LogP contribution in [0.15, 0.2) is 5.11 Å². The van der Waals surface area contributed by atoms with Crippen LogP contribution in [0.4, 0.5) is 0 Å². The minimum absolute atomic E-state index is 0.0679. The standard InChI is InChI=1S/C9H19N5O2S/c1-9-5-2-3-8-14(9)17(15,16)12-7-4-6-11-13-10/h9,12H,2-8H2,1H3. The molecule has 0 radical (unpaired) electrons. The molecule has 1 unspecified atom stereocenters. The topological polar surface area (TPSA) is 98.2 Å². The maximum Gasteiger partial charge on any atom is 0.279 e. The molecule has 0 aromatic heterocycles. The van der Waals surface area contributed by atoms with Gasteiger partial charge < -0.3 is 0 Å². The fraction of sp³-hybridized carbons (Fsp3) is 1.00. The minimum atomic E-state index is -3.37. The second-order valence-corrected chi connectivity index (χ2v) is 5.87. The predicted molar refractivity (Wildman–Crippen MR) is 65.6 cm³/mol. The first-order valence-corrected chi connectivity index (χ1v) is 7.29. The van der Waals surface area contributed by atoms with Gasteiger partial charge in [0.1, 0.15) is 0 Å². The van der Waals surface area contributed by atoms with Gasteiger partial charge in [0.15, 0.2) is 0 Å². The van der Waals surface area contributed by atoms with Gasteiger partial charge in [0, 0.05) is 30.6 Å². The molecule has 1 fully saturated rings. The molecule has 1 aliphatic heterocycles. The highest BCUT2D eigenvalue weighted by Gasteiger charge is 2.28. The van der Waals surface area contributed by atoms with E-state index in [1.807, 2.05) is 6.92 Å². The number of hydrogen-bond donors (Lipinski definition) is 1. The van der Waals surface area contributed by atoms with Gasteiger partial charge in [-0.15, -0.1) is 0 Å². The average molecular weight is 261 g/mol. The zero-order chi connectivity index (χ0) is 12.7. The highest BCUT2D eigenvalue weighted by molar-refractivity contribution is 7.87. The van der Waals surface area contributed by atoms with E-state index in [0.717, 1.165) is 19.3 Å². The van der Waals surface area contributed by atoms with Crippen LogP contribution in [0, 0.1) is 0 Å². The summed E-state index contributed by atoms with van der Waals surface area (Å²) in [6.07, 6.45) is 3.44. The first kappa shape index (κ1) is 14.2. The zero-order valence-corrected chi connectivity index (χ0v) is 10.9. The third-order valence-electron chi connectivity index (χ3n) is 2.83. The molecule has 1 saturated heterocycles. The highest BCUT2D eigenvalue weighted by Crippen LogP contribution is 2.18. The Morgan fingerprint density at radius 2 is 2.29 bits per heavy atom. The van der Waals surface area contributed by atoms with Crippen LogP contribution in [0.2, 0.25) is 0 Å². The Balaban J connectivity index is 2.41. The third-order valence-corrected chi connectivity index (χ3v) is 4.56. The lowest BCUT2D eigenvalue weighted by atomic mass is 10.1. The second-order valence-electron chi connectivity index (χ2n) is 4.16. The van der Waals surface area contributed by atoms with Crippen molar-refractivity contribution in [2.24, 2.45) is 5.11 Å². The molecule has 1 atom stereocenters. The Morgan fingerprint density at radius 1 is 1.53 bits per heavy atom. The minimum Gasteiger partial charge on any atom is -0.202 e. The second kappa shape index (κ2) is 6.80. The van der Waals surface area contributed by atoms with Crippen molar-refractivity contribution in [2.45, 2.75) is 38.6 Å². The normalized spacial score (nSPS) is 22.1. The van der Waals surface area contributed by atoms with Crippen molar-refractivity contribution >= 4 is 10.2 Å². The molecule has 98 valence electrons. The molecule has 17 heavy (non-hydrogen) atoms. The first-order valence-electron chi connectivity index (χ1n) is 5.85. The molecule has 0 saturated carbocycles. The predicted octanol–water partition coefficient (Wildman–Crippen LogP) is 1.40. The van der Waals surface area contributed by atoms with E-state index in [-0.39, 0.29) is 6.04 Å². The monoisotopic (exact) mass is 261 g/mol. The fourth-order valence-electron chi connectivity index (χ4n) is 1.91. The molecule has 0 bridgehead atoms. The Bertz CT molecular complexity index is 377. The van der Waals surface area contributed by atoms with Crippen molar-refractivity contribution in [1.29, 1.82) is 0 Å². The number of nitrogens with zero attached hydrogens (tertiary/aromatic N) is 4. The van der Waals surface area contributed by atoms with Gasteiger partial charge in [0.2, 0.25) is 0 Å². The van der Waals surface area contributed by atoms with E-state index in [4.69, 9.17) is 5.53 Å². The van der Waals surface area contributed by atoms with Crippen molar-refractivity contribution in [3.05, 3.63) is 10.4 Å². The Labute approximate surface area is 102 Å². The maximum absolute atomic E-state index is 11.9. The summed E-state index contributed by atoms with van der Waals surface area (Å²) in [4.78, 5) is 2.61. The van der Waals surface area contributed by atoms with Crippen LogP contribution in [0.25, 0.3) is 10.4 Å². The summed E-state index contributed by atoms with van der Waals surface area (Å²) < 4.78 is 27.9. The van der Waals surface area contributed by atoms with E-state index in [1.165, 1.54) is 4.31 Å². The molecular weight excluding hydrogens is 242 g/mol. The molecule has 0 aromatic carbocycles. The van der Waals surface area contributed by atoms with Crippen molar-refractivity contribution < 1.29 is 8.42 Å². The third kappa shape index (κ3) is 4.51.